The van der Waals surface area contributed by atoms with Crippen molar-refractivity contribution in [1.82, 2.24) is 0 Å². The van der Waals surface area contributed by atoms with Gasteiger partial charge in [0.25, 0.3) is 0 Å². The minimum atomic E-state index is -0.278. The van der Waals surface area contributed by atoms with Crippen LogP contribution in [0.1, 0.15) is 62.7 Å². The van der Waals surface area contributed by atoms with Crippen LogP contribution in [0.15, 0.2) is 17.5 Å². The van der Waals surface area contributed by atoms with Gasteiger partial charge in [0.2, 0.25) is 0 Å². The Morgan fingerprint density at radius 1 is 1.22 bits per heavy atom. The lowest BCUT2D eigenvalue weighted by Crippen LogP contribution is -2.25. The van der Waals surface area contributed by atoms with E-state index in [-0.39, 0.29) is 12.0 Å². The molecule has 18 heavy (non-hydrogen) atoms. The average Bonchev–Trinajstić information content (AvgIpc) is 2.88. The fourth-order valence-corrected chi connectivity index (χ4v) is 3.20. The molecule has 0 saturated carbocycles. The highest BCUT2D eigenvalue weighted by atomic mass is 32.1. The molecule has 0 aliphatic heterocycles. The molecule has 0 fully saturated rings. The molecule has 3 heteroatoms. The van der Waals surface area contributed by atoms with E-state index in [2.05, 4.69) is 18.4 Å². The van der Waals surface area contributed by atoms with Crippen molar-refractivity contribution in [2.45, 2.75) is 63.9 Å². The van der Waals surface area contributed by atoms with Gasteiger partial charge < -0.3 is 10.8 Å². The Kier molecular flexibility index (Phi) is 8.31. The van der Waals surface area contributed by atoms with Crippen LogP contribution in [0, 0.1) is 0 Å². The summed E-state index contributed by atoms with van der Waals surface area (Å²) in [6.45, 7) is 2.77. The predicted octanol–water partition coefficient (Wildman–Crippen LogP) is 3.90. The molecular weight excluding hydrogens is 242 g/mol. The van der Waals surface area contributed by atoms with Crippen LogP contribution in [0.2, 0.25) is 0 Å². The highest BCUT2D eigenvalue weighted by Gasteiger charge is 2.19. The summed E-state index contributed by atoms with van der Waals surface area (Å²) in [5, 5.41) is 12.3. The van der Waals surface area contributed by atoms with Crippen molar-refractivity contribution in [2.75, 3.05) is 6.54 Å². The molecule has 3 N–H and O–H groups in total. The zero-order valence-corrected chi connectivity index (χ0v) is 12.3. The van der Waals surface area contributed by atoms with E-state index < -0.39 is 0 Å². The molecule has 0 saturated heterocycles. The molecule has 2 unspecified atom stereocenters. The zero-order chi connectivity index (χ0) is 13.2. The second-order valence-electron chi connectivity index (χ2n) is 4.98. The normalized spacial score (nSPS) is 14.6. The van der Waals surface area contributed by atoms with E-state index in [1.807, 2.05) is 6.07 Å². The maximum absolute atomic E-state index is 10.2. The Labute approximate surface area is 115 Å². The lowest BCUT2D eigenvalue weighted by molar-refractivity contribution is 0.133. The molecule has 0 radical (unpaired) electrons. The SMILES string of the molecule is CCCCCCCCC(O)C(CN)c1cccs1. The van der Waals surface area contributed by atoms with Crippen LogP contribution in [0.25, 0.3) is 0 Å². The summed E-state index contributed by atoms with van der Waals surface area (Å²) in [6, 6.07) is 4.10. The van der Waals surface area contributed by atoms with Crippen molar-refractivity contribution < 1.29 is 5.11 Å². The number of unbranched alkanes of at least 4 members (excludes halogenated alkanes) is 5. The van der Waals surface area contributed by atoms with Crippen molar-refractivity contribution in [1.29, 1.82) is 0 Å². The molecule has 1 aromatic heterocycles. The Morgan fingerprint density at radius 3 is 2.56 bits per heavy atom. The highest BCUT2D eigenvalue weighted by Crippen LogP contribution is 2.26. The first kappa shape index (κ1) is 15.7. The third-order valence-electron chi connectivity index (χ3n) is 3.48. The molecule has 0 aliphatic rings. The van der Waals surface area contributed by atoms with Crippen molar-refractivity contribution in [3.05, 3.63) is 22.4 Å². The Morgan fingerprint density at radius 2 is 1.94 bits per heavy atom. The molecule has 0 bridgehead atoms. The van der Waals surface area contributed by atoms with E-state index in [1.165, 1.54) is 37.0 Å². The minimum Gasteiger partial charge on any atom is -0.392 e. The number of rotatable bonds is 10. The number of hydrogen-bond acceptors (Lipinski definition) is 3. The zero-order valence-electron chi connectivity index (χ0n) is 11.5. The lowest BCUT2D eigenvalue weighted by atomic mass is 9.95. The molecule has 0 aromatic carbocycles. The van der Waals surface area contributed by atoms with E-state index in [0.717, 1.165) is 12.8 Å². The molecule has 0 amide bonds. The summed E-state index contributed by atoms with van der Waals surface area (Å²) in [5.74, 6) is 0.126. The Bertz CT molecular complexity index is 287. The van der Waals surface area contributed by atoms with Gasteiger partial charge in [-0.15, -0.1) is 11.3 Å². The van der Waals surface area contributed by atoms with Crippen molar-refractivity contribution in [3.63, 3.8) is 0 Å². The number of aliphatic hydroxyl groups excluding tert-OH is 1. The van der Waals surface area contributed by atoms with Gasteiger partial charge in [0, 0.05) is 17.3 Å². The van der Waals surface area contributed by atoms with E-state index in [1.54, 1.807) is 11.3 Å². The van der Waals surface area contributed by atoms with Crippen molar-refractivity contribution in [3.8, 4) is 0 Å². The van der Waals surface area contributed by atoms with Gasteiger partial charge in [0.05, 0.1) is 6.10 Å². The maximum Gasteiger partial charge on any atom is 0.0628 e. The summed E-state index contributed by atoms with van der Waals surface area (Å²) in [5.41, 5.74) is 5.78. The maximum atomic E-state index is 10.2. The van der Waals surface area contributed by atoms with Crippen LogP contribution < -0.4 is 5.73 Å². The quantitative estimate of drug-likeness (QED) is 0.633. The van der Waals surface area contributed by atoms with E-state index in [0.29, 0.717) is 6.54 Å². The predicted molar refractivity (Wildman–Crippen MR) is 80.1 cm³/mol. The number of aliphatic hydroxyl groups is 1. The third kappa shape index (κ3) is 5.51. The first-order chi connectivity index (χ1) is 8.79. The van der Waals surface area contributed by atoms with Gasteiger partial charge in [-0.2, -0.15) is 0 Å². The summed E-state index contributed by atoms with van der Waals surface area (Å²) in [7, 11) is 0. The smallest absolute Gasteiger partial charge is 0.0628 e. The molecule has 1 rings (SSSR count). The van der Waals surface area contributed by atoms with Crippen LogP contribution in [0.4, 0.5) is 0 Å². The topological polar surface area (TPSA) is 46.2 Å². The van der Waals surface area contributed by atoms with E-state index >= 15 is 0 Å². The molecule has 1 aromatic rings. The second-order valence-corrected chi connectivity index (χ2v) is 5.96. The number of nitrogens with two attached hydrogens (primary N) is 1. The fourth-order valence-electron chi connectivity index (χ4n) is 2.30. The van der Waals surface area contributed by atoms with Gasteiger partial charge in [-0.25, -0.2) is 0 Å². The second kappa shape index (κ2) is 9.54. The van der Waals surface area contributed by atoms with Gasteiger partial charge in [0.1, 0.15) is 0 Å². The first-order valence-corrected chi connectivity index (χ1v) is 8.09. The molecule has 0 aliphatic carbocycles. The van der Waals surface area contributed by atoms with Crippen molar-refractivity contribution in [2.24, 2.45) is 5.73 Å². The van der Waals surface area contributed by atoms with E-state index in [4.69, 9.17) is 5.73 Å². The highest BCUT2D eigenvalue weighted by molar-refractivity contribution is 7.10. The summed E-state index contributed by atoms with van der Waals surface area (Å²) in [4.78, 5) is 1.22. The fraction of sp³-hybridized carbons (Fsp3) is 0.733. The van der Waals surface area contributed by atoms with Gasteiger partial charge in [0.15, 0.2) is 0 Å². The van der Waals surface area contributed by atoms with Gasteiger partial charge in [-0.1, -0.05) is 51.5 Å². The van der Waals surface area contributed by atoms with Gasteiger partial charge in [-0.3, -0.25) is 0 Å². The average molecular weight is 269 g/mol. The first-order valence-electron chi connectivity index (χ1n) is 7.21. The minimum absolute atomic E-state index is 0.126. The largest absolute Gasteiger partial charge is 0.392 e. The monoisotopic (exact) mass is 269 g/mol. The van der Waals surface area contributed by atoms with Gasteiger partial charge in [-0.05, 0) is 17.9 Å². The molecule has 104 valence electrons. The van der Waals surface area contributed by atoms with Crippen LogP contribution in [-0.4, -0.2) is 17.8 Å². The molecule has 2 atom stereocenters. The molecular formula is C15H27NOS. The lowest BCUT2D eigenvalue weighted by Gasteiger charge is -2.20. The van der Waals surface area contributed by atoms with Crippen LogP contribution in [-0.2, 0) is 0 Å². The van der Waals surface area contributed by atoms with Gasteiger partial charge >= 0.3 is 0 Å². The molecule has 1 heterocycles. The number of hydrogen-bond donors (Lipinski definition) is 2. The number of thiophene rings is 1. The summed E-state index contributed by atoms with van der Waals surface area (Å²) in [6.07, 6.45) is 8.21. The van der Waals surface area contributed by atoms with Crippen LogP contribution in [0.5, 0.6) is 0 Å². The Balaban J connectivity index is 2.20. The summed E-state index contributed by atoms with van der Waals surface area (Å²) >= 11 is 1.69. The molecule has 0 spiro atoms. The van der Waals surface area contributed by atoms with E-state index in [9.17, 15) is 5.11 Å². The molecule has 2 nitrogen and oxygen atoms in total. The Hall–Kier alpha value is -0.380. The summed E-state index contributed by atoms with van der Waals surface area (Å²) < 4.78 is 0. The third-order valence-corrected chi connectivity index (χ3v) is 4.48. The van der Waals surface area contributed by atoms with Crippen molar-refractivity contribution >= 4 is 11.3 Å². The van der Waals surface area contributed by atoms with Crippen LogP contribution in [0.3, 0.4) is 0 Å². The van der Waals surface area contributed by atoms with Crippen LogP contribution >= 0.6 is 11.3 Å². The standard InChI is InChI=1S/C15H27NOS/c1-2-3-4-5-6-7-9-14(17)13(12-16)15-10-8-11-18-15/h8,10-11,13-14,17H,2-7,9,12,16H2,1H3.